The Morgan fingerprint density at radius 3 is 2.39 bits per heavy atom. The number of hydrogen-bond acceptors (Lipinski definition) is 4. The minimum Gasteiger partial charge on any atom is -0.341 e. The number of allylic oxidation sites excluding steroid dienone is 4. The van der Waals surface area contributed by atoms with Crippen LogP contribution in [0.5, 0.6) is 0 Å². The molecule has 0 bridgehead atoms. The molecule has 0 spiro atoms. The van der Waals surface area contributed by atoms with E-state index in [0.717, 1.165) is 23.6 Å². The van der Waals surface area contributed by atoms with Gasteiger partial charge in [-0.1, -0.05) is 65.8 Å². The van der Waals surface area contributed by atoms with Gasteiger partial charge in [0.2, 0.25) is 0 Å². The van der Waals surface area contributed by atoms with E-state index in [1.165, 1.54) is 10.5 Å². The van der Waals surface area contributed by atoms with Crippen molar-refractivity contribution < 1.29 is 0 Å². The summed E-state index contributed by atoms with van der Waals surface area (Å²) in [6.07, 6.45) is 4.94. The standard InChI is InChI=1S/C23H18ClN3S/c1-17-16-27(12-11-18-5-3-2-4-6-18)23(28-17)13-22(20(14-25)15-26)19-7-9-21(24)10-8-19/h2-10,13,16H,11-12H2,1H3/b23-13-. The Kier molecular flexibility index (Phi) is 6.61. The molecule has 0 aliphatic carbocycles. The normalized spacial score (nSPS) is 14.4. The molecular formula is C23H18ClN3S. The van der Waals surface area contributed by atoms with Crippen LogP contribution < -0.4 is 0 Å². The molecular weight excluding hydrogens is 386 g/mol. The molecule has 0 saturated heterocycles. The highest BCUT2D eigenvalue weighted by Crippen LogP contribution is 2.38. The molecule has 2 aromatic carbocycles. The smallest absolute Gasteiger partial charge is 0.137 e. The zero-order valence-electron chi connectivity index (χ0n) is 15.4. The number of benzene rings is 2. The van der Waals surface area contributed by atoms with E-state index in [9.17, 15) is 10.5 Å². The van der Waals surface area contributed by atoms with E-state index in [1.807, 2.05) is 48.5 Å². The van der Waals surface area contributed by atoms with Gasteiger partial charge in [0.05, 0.1) is 5.03 Å². The van der Waals surface area contributed by atoms with Crippen LogP contribution >= 0.6 is 23.4 Å². The SMILES string of the molecule is CC1=CN(CCc2ccccc2)/C(=C/C(=C(C#N)C#N)c2ccc(Cl)cc2)S1. The zero-order valence-corrected chi connectivity index (χ0v) is 17.0. The molecule has 0 radical (unpaired) electrons. The Hall–Kier alpha value is -2.92. The van der Waals surface area contributed by atoms with Crippen LogP contribution in [-0.2, 0) is 6.42 Å². The van der Waals surface area contributed by atoms with Crippen molar-refractivity contribution in [3.63, 3.8) is 0 Å². The number of thioether (sulfide) groups is 1. The van der Waals surface area contributed by atoms with E-state index in [4.69, 9.17) is 11.6 Å². The Labute approximate surface area is 174 Å². The van der Waals surface area contributed by atoms with Crippen LogP contribution in [0.25, 0.3) is 5.57 Å². The number of nitriles is 2. The fourth-order valence-electron chi connectivity index (χ4n) is 2.91. The number of nitrogens with zero attached hydrogens (tertiary/aromatic N) is 3. The molecule has 5 heteroatoms. The van der Waals surface area contributed by atoms with Crippen LogP contribution in [0.2, 0.25) is 5.02 Å². The summed E-state index contributed by atoms with van der Waals surface area (Å²) in [7, 11) is 0. The van der Waals surface area contributed by atoms with Gasteiger partial charge in [0.1, 0.15) is 17.7 Å². The van der Waals surface area contributed by atoms with Gasteiger partial charge in [0.25, 0.3) is 0 Å². The maximum absolute atomic E-state index is 9.44. The molecule has 138 valence electrons. The van der Waals surface area contributed by atoms with Crippen molar-refractivity contribution in [1.82, 2.24) is 4.90 Å². The highest BCUT2D eigenvalue weighted by molar-refractivity contribution is 8.06. The first kappa shape index (κ1) is 19.8. The molecule has 0 aromatic heterocycles. The average Bonchev–Trinajstić information content (AvgIpc) is 3.07. The summed E-state index contributed by atoms with van der Waals surface area (Å²) < 4.78 is 0. The summed E-state index contributed by atoms with van der Waals surface area (Å²) in [5.74, 6) is 0. The van der Waals surface area contributed by atoms with Gasteiger partial charge in [-0.15, -0.1) is 0 Å². The first-order valence-corrected chi connectivity index (χ1v) is 9.99. The van der Waals surface area contributed by atoms with E-state index < -0.39 is 0 Å². The molecule has 1 aliphatic rings. The fraction of sp³-hybridized carbons (Fsp3) is 0.130. The molecule has 28 heavy (non-hydrogen) atoms. The topological polar surface area (TPSA) is 50.8 Å². The van der Waals surface area contributed by atoms with Crippen LogP contribution in [0.15, 0.2) is 82.4 Å². The van der Waals surface area contributed by atoms with Crippen molar-refractivity contribution in [3.05, 3.63) is 98.5 Å². The third kappa shape index (κ3) is 4.87. The third-order valence-corrected chi connectivity index (χ3v) is 5.53. The van der Waals surface area contributed by atoms with Crippen molar-refractivity contribution in [1.29, 1.82) is 10.5 Å². The van der Waals surface area contributed by atoms with Crippen LogP contribution in [0.3, 0.4) is 0 Å². The second-order valence-electron chi connectivity index (χ2n) is 6.27. The minimum absolute atomic E-state index is 0.0861. The van der Waals surface area contributed by atoms with E-state index in [2.05, 4.69) is 30.2 Å². The summed E-state index contributed by atoms with van der Waals surface area (Å²) in [6.45, 7) is 2.88. The lowest BCUT2D eigenvalue weighted by Gasteiger charge is -2.18. The predicted molar refractivity (Wildman–Crippen MR) is 116 cm³/mol. The highest BCUT2D eigenvalue weighted by atomic mass is 35.5. The van der Waals surface area contributed by atoms with Gasteiger partial charge in [-0.25, -0.2) is 0 Å². The summed E-state index contributed by atoms with van der Waals surface area (Å²) in [4.78, 5) is 3.35. The van der Waals surface area contributed by atoms with Gasteiger partial charge in [-0.05, 0) is 42.7 Å². The van der Waals surface area contributed by atoms with Gasteiger partial charge in [0.15, 0.2) is 0 Å². The predicted octanol–water partition coefficient (Wildman–Crippen LogP) is 6.13. The molecule has 0 amide bonds. The first-order valence-electron chi connectivity index (χ1n) is 8.79. The third-order valence-electron chi connectivity index (χ3n) is 4.29. The van der Waals surface area contributed by atoms with E-state index >= 15 is 0 Å². The summed E-state index contributed by atoms with van der Waals surface area (Å²) in [5, 5.41) is 20.5. The molecule has 2 aromatic rings. The van der Waals surface area contributed by atoms with Crippen molar-refractivity contribution in [2.75, 3.05) is 6.54 Å². The van der Waals surface area contributed by atoms with Crippen molar-refractivity contribution in [3.8, 4) is 12.1 Å². The summed E-state index contributed by atoms with van der Waals surface area (Å²) >= 11 is 7.64. The molecule has 1 aliphatic heterocycles. The quantitative estimate of drug-likeness (QED) is 0.563. The van der Waals surface area contributed by atoms with Gasteiger partial charge < -0.3 is 4.90 Å². The lowest BCUT2D eigenvalue weighted by Crippen LogP contribution is -2.15. The number of hydrogen-bond donors (Lipinski definition) is 0. The molecule has 0 fully saturated rings. The van der Waals surface area contributed by atoms with Crippen molar-refractivity contribution in [2.45, 2.75) is 13.3 Å². The Morgan fingerprint density at radius 1 is 1.07 bits per heavy atom. The van der Waals surface area contributed by atoms with Crippen LogP contribution in [-0.4, -0.2) is 11.4 Å². The zero-order chi connectivity index (χ0) is 19.9. The number of halogens is 1. The lowest BCUT2D eigenvalue weighted by molar-refractivity contribution is 0.503. The van der Waals surface area contributed by atoms with E-state index in [0.29, 0.717) is 10.6 Å². The highest BCUT2D eigenvalue weighted by Gasteiger charge is 2.19. The van der Waals surface area contributed by atoms with Gasteiger partial charge in [-0.3, -0.25) is 0 Å². The van der Waals surface area contributed by atoms with Crippen molar-refractivity contribution in [2.24, 2.45) is 0 Å². The molecule has 1 heterocycles. The van der Waals surface area contributed by atoms with Gasteiger partial charge in [0, 0.05) is 28.2 Å². The molecule has 0 saturated carbocycles. The van der Waals surface area contributed by atoms with Gasteiger partial charge >= 0.3 is 0 Å². The Morgan fingerprint density at radius 2 is 1.75 bits per heavy atom. The fourth-order valence-corrected chi connectivity index (χ4v) is 3.99. The van der Waals surface area contributed by atoms with E-state index in [-0.39, 0.29) is 5.57 Å². The monoisotopic (exact) mass is 403 g/mol. The summed E-state index contributed by atoms with van der Waals surface area (Å²) in [6, 6.07) is 21.6. The Balaban J connectivity index is 1.92. The molecule has 0 atom stereocenters. The Bertz CT molecular complexity index is 1010. The molecule has 0 N–H and O–H groups in total. The second-order valence-corrected chi connectivity index (χ2v) is 7.98. The summed E-state index contributed by atoms with van der Waals surface area (Å²) in [5.41, 5.74) is 2.76. The largest absolute Gasteiger partial charge is 0.341 e. The second kappa shape index (κ2) is 9.33. The van der Waals surface area contributed by atoms with Crippen LogP contribution in [0.1, 0.15) is 18.1 Å². The molecule has 3 nitrogen and oxygen atoms in total. The number of rotatable bonds is 5. The maximum atomic E-state index is 9.44. The molecule has 3 rings (SSSR count). The van der Waals surface area contributed by atoms with Crippen LogP contribution in [0, 0.1) is 22.7 Å². The average molecular weight is 404 g/mol. The maximum Gasteiger partial charge on any atom is 0.137 e. The van der Waals surface area contributed by atoms with Gasteiger partial charge in [-0.2, -0.15) is 10.5 Å². The van der Waals surface area contributed by atoms with Crippen LogP contribution in [0.4, 0.5) is 0 Å². The lowest BCUT2D eigenvalue weighted by atomic mass is 10.0. The minimum atomic E-state index is 0.0861. The molecule has 0 unspecified atom stereocenters. The van der Waals surface area contributed by atoms with Crippen molar-refractivity contribution >= 4 is 28.9 Å². The van der Waals surface area contributed by atoms with E-state index in [1.54, 1.807) is 23.9 Å². The first-order chi connectivity index (χ1) is 13.6.